The number of ketones is 1. The van der Waals surface area contributed by atoms with Gasteiger partial charge in [-0.05, 0) is 24.3 Å². The molecule has 1 aromatic heterocycles. The summed E-state index contributed by atoms with van der Waals surface area (Å²) in [5.74, 6) is 0.796. The van der Waals surface area contributed by atoms with E-state index in [1.807, 2.05) is 36.1 Å². The Morgan fingerprint density at radius 1 is 1.10 bits per heavy atom. The van der Waals surface area contributed by atoms with E-state index in [0.29, 0.717) is 55.6 Å². The maximum Gasteiger partial charge on any atom is 0.258 e. The number of nitrogens with zero attached hydrogens (tertiary/aromatic N) is 2. The molecule has 1 fully saturated rings. The fraction of sp³-hybridized carbons (Fsp3) is 0.458. The topological polar surface area (TPSA) is 87.3 Å². The van der Waals surface area contributed by atoms with Gasteiger partial charge in [0.1, 0.15) is 5.82 Å². The summed E-state index contributed by atoms with van der Waals surface area (Å²) in [4.78, 5) is 36.5. The number of nitrogens with one attached hydrogen (secondary N) is 2. The van der Waals surface area contributed by atoms with Crippen LogP contribution in [0, 0.1) is 12.3 Å². The number of aromatic amines is 1. The normalized spacial score (nSPS) is 22.6. The summed E-state index contributed by atoms with van der Waals surface area (Å²) in [6.07, 6.45) is 1.22. The van der Waals surface area contributed by atoms with Crippen LogP contribution >= 0.6 is 0 Å². The van der Waals surface area contributed by atoms with Crippen LogP contribution in [0.5, 0.6) is 0 Å². The average molecular weight is 421 g/mol. The van der Waals surface area contributed by atoms with Crippen LogP contribution in [0.25, 0.3) is 0 Å². The van der Waals surface area contributed by atoms with Gasteiger partial charge >= 0.3 is 0 Å². The maximum absolute atomic E-state index is 13.4. The van der Waals surface area contributed by atoms with Crippen molar-refractivity contribution in [1.29, 1.82) is 0 Å². The summed E-state index contributed by atoms with van der Waals surface area (Å²) in [6, 6.07) is 8.08. The Bertz CT molecular complexity index is 1120. The SMILES string of the molecule is Cc1ccc(C2C3=C(CC(C)(C)CC3=O)Nc3nc(N4CCOCC4)[nH]c(=O)c32)cc1. The summed E-state index contributed by atoms with van der Waals surface area (Å²) in [7, 11) is 0. The number of benzene rings is 1. The first-order chi connectivity index (χ1) is 14.8. The standard InChI is InChI=1S/C24H28N4O3/c1-14-4-6-15(7-5-14)18-19-16(12-24(2,3)13-17(19)29)25-21-20(18)22(30)27-23(26-21)28-8-10-31-11-9-28/h4-7,18H,8-13H2,1-3H3,(H2,25,26,27,30). The fourth-order valence-corrected chi connectivity index (χ4v) is 4.92. The number of rotatable bonds is 2. The highest BCUT2D eigenvalue weighted by Crippen LogP contribution is 2.47. The first kappa shape index (κ1) is 20.0. The van der Waals surface area contributed by atoms with Crippen molar-refractivity contribution in [3.05, 3.63) is 62.6 Å². The predicted molar refractivity (Wildman–Crippen MR) is 120 cm³/mol. The zero-order valence-electron chi connectivity index (χ0n) is 18.2. The molecule has 162 valence electrons. The van der Waals surface area contributed by atoms with Gasteiger partial charge in [0.25, 0.3) is 5.56 Å². The van der Waals surface area contributed by atoms with Crippen LogP contribution in [0.1, 0.15) is 49.3 Å². The molecule has 31 heavy (non-hydrogen) atoms. The van der Waals surface area contributed by atoms with Gasteiger partial charge in [-0.25, -0.2) is 0 Å². The number of hydrogen-bond donors (Lipinski definition) is 2. The third-order valence-corrected chi connectivity index (χ3v) is 6.43. The number of ether oxygens (including phenoxy) is 1. The molecule has 0 bridgehead atoms. The average Bonchev–Trinajstić information content (AvgIpc) is 2.72. The van der Waals surface area contributed by atoms with Gasteiger partial charge in [-0.1, -0.05) is 43.7 Å². The number of H-pyrrole nitrogens is 1. The molecule has 3 aliphatic rings. The van der Waals surface area contributed by atoms with Crippen molar-refractivity contribution >= 4 is 17.5 Å². The van der Waals surface area contributed by atoms with Gasteiger partial charge in [-0.3, -0.25) is 14.6 Å². The van der Waals surface area contributed by atoms with Gasteiger partial charge in [0.05, 0.1) is 18.8 Å². The van der Waals surface area contributed by atoms with Crippen molar-refractivity contribution in [3.63, 3.8) is 0 Å². The van der Waals surface area contributed by atoms with E-state index in [4.69, 9.17) is 9.72 Å². The summed E-state index contributed by atoms with van der Waals surface area (Å²) >= 11 is 0. The van der Waals surface area contributed by atoms with E-state index in [1.54, 1.807) is 0 Å². The van der Waals surface area contributed by atoms with Crippen LogP contribution in [0.3, 0.4) is 0 Å². The second kappa shape index (κ2) is 7.34. The highest BCUT2D eigenvalue weighted by molar-refractivity contribution is 6.01. The number of allylic oxidation sites excluding steroid dienone is 2. The Morgan fingerprint density at radius 3 is 2.52 bits per heavy atom. The third kappa shape index (κ3) is 3.57. The van der Waals surface area contributed by atoms with Gasteiger partial charge < -0.3 is 15.0 Å². The Balaban J connectivity index is 1.68. The molecule has 3 heterocycles. The quantitative estimate of drug-likeness (QED) is 0.776. The number of fused-ring (bicyclic) bond motifs is 1. The summed E-state index contributed by atoms with van der Waals surface area (Å²) in [5, 5.41) is 3.39. The fourth-order valence-electron chi connectivity index (χ4n) is 4.92. The molecule has 5 rings (SSSR count). The highest BCUT2D eigenvalue weighted by atomic mass is 16.5. The number of morpholine rings is 1. The first-order valence-corrected chi connectivity index (χ1v) is 10.9. The third-order valence-electron chi connectivity index (χ3n) is 6.43. The van der Waals surface area contributed by atoms with Crippen molar-refractivity contribution in [2.75, 3.05) is 36.5 Å². The number of aromatic nitrogens is 2. The number of carbonyl (C=O) groups excluding carboxylic acids is 1. The molecule has 2 aliphatic heterocycles. The molecule has 0 spiro atoms. The zero-order chi connectivity index (χ0) is 21.8. The maximum atomic E-state index is 13.4. The molecule has 2 N–H and O–H groups in total. The molecular weight excluding hydrogens is 392 g/mol. The van der Waals surface area contributed by atoms with Crippen molar-refractivity contribution in [1.82, 2.24) is 9.97 Å². The van der Waals surface area contributed by atoms with Gasteiger partial charge in [0.15, 0.2) is 5.78 Å². The molecule has 1 atom stereocenters. The summed E-state index contributed by atoms with van der Waals surface area (Å²) in [6.45, 7) is 8.83. The van der Waals surface area contributed by atoms with Gasteiger partial charge in [-0.15, -0.1) is 0 Å². The van der Waals surface area contributed by atoms with Crippen LogP contribution in [0.4, 0.5) is 11.8 Å². The summed E-state index contributed by atoms with van der Waals surface area (Å²) < 4.78 is 5.43. The minimum atomic E-state index is -0.412. The number of aryl methyl sites for hydroxylation is 1. The van der Waals surface area contributed by atoms with Crippen molar-refractivity contribution in [3.8, 4) is 0 Å². The molecule has 7 nitrogen and oxygen atoms in total. The van der Waals surface area contributed by atoms with Crippen LogP contribution < -0.4 is 15.8 Å². The van der Waals surface area contributed by atoms with E-state index in [-0.39, 0.29) is 16.8 Å². The van der Waals surface area contributed by atoms with Gasteiger partial charge in [-0.2, -0.15) is 4.98 Å². The Morgan fingerprint density at radius 2 is 1.81 bits per heavy atom. The second-order valence-corrected chi connectivity index (χ2v) is 9.55. The number of anilines is 2. The van der Waals surface area contributed by atoms with Crippen LogP contribution in [-0.4, -0.2) is 42.1 Å². The van der Waals surface area contributed by atoms with Gasteiger partial charge in [0, 0.05) is 36.7 Å². The van der Waals surface area contributed by atoms with Crippen molar-refractivity contribution < 1.29 is 9.53 Å². The second-order valence-electron chi connectivity index (χ2n) is 9.55. The van der Waals surface area contributed by atoms with Crippen LogP contribution in [0.2, 0.25) is 0 Å². The molecule has 1 saturated heterocycles. The Hall–Kier alpha value is -2.93. The Labute approximate surface area is 181 Å². The van der Waals surface area contributed by atoms with Crippen LogP contribution in [0.15, 0.2) is 40.3 Å². The largest absolute Gasteiger partial charge is 0.378 e. The van der Waals surface area contributed by atoms with Crippen LogP contribution in [-0.2, 0) is 9.53 Å². The van der Waals surface area contributed by atoms with E-state index in [1.165, 1.54) is 0 Å². The van der Waals surface area contributed by atoms with Crippen molar-refractivity contribution in [2.45, 2.75) is 39.5 Å². The smallest absolute Gasteiger partial charge is 0.258 e. The lowest BCUT2D eigenvalue weighted by molar-refractivity contribution is -0.118. The molecule has 1 aromatic carbocycles. The predicted octanol–water partition coefficient (Wildman–Crippen LogP) is 3.12. The molecule has 1 aliphatic carbocycles. The highest BCUT2D eigenvalue weighted by Gasteiger charge is 2.42. The summed E-state index contributed by atoms with van der Waals surface area (Å²) in [5.41, 5.74) is 3.87. The number of Topliss-reactive ketones (excluding diaryl/α,β-unsaturated/α-hetero) is 1. The van der Waals surface area contributed by atoms with Gasteiger partial charge in [0.2, 0.25) is 5.95 Å². The molecule has 1 unspecified atom stereocenters. The lowest BCUT2D eigenvalue weighted by Gasteiger charge is -2.39. The van der Waals surface area contributed by atoms with E-state index in [2.05, 4.69) is 24.1 Å². The van der Waals surface area contributed by atoms with E-state index in [9.17, 15) is 9.59 Å². The number of carbonyl (C=O) groups is 1. The minimum Gasteiger partial charge on any atom is -0.378 e. The minimum absolute atomic E-state index is 0.103. The molecule has 2 aromatic rings. The monoisotopic (exact) mass is 420 g/mol. The van der Waals surface area contributed by atoms with E-state index < -0.39 is 5.92 Å². The lowest BCUT2D eigenvalue weighted by Crippen LogP contribution is -2.40. The van der Waals surface area contributed by atoms with E-state index in [0.717, 1.165) is 23.2 Å². The molecule has 0 radical (unpaired) electrons. The van der Waals surface area contributed by atoms with E-state index >= 15 is 0 Å². The van der Waals surface area contributed by atoms with Crippen molar-refractivity contribution in [2.24, 2.45) is 5.41 Å². The lowest BCUT2D eigenvalue weighted by atomic mass is 9.69. The molecule has 0 amide bonds. The molecular formula is C24H28N4O3. The molecule has 0 saturated carbocycles. The molecule has 7 heteroatoms. The Kier molecular flexibility index (Phi) is 4.73. The first-order valence-electron chi connectivity index (χ1n) is 10.9. The number of hydrogen-bond acceptors (Lipinski definition) is 6. The zero-order valence-corrected chi connectivity index (χ0v) is 18.2.